The molecule has 0 unspecified atom stereocenters. The number of anilines is 1. The van der Waals surface area contributed by atoms with Crippen LogP contribution in [0.3, 0.4) is 0 Å². The summed E-state index contributed by atoms with van der Waals surface area (Å²) in [5.74, 6) is 0.106. The molecule has 146 valence electrons. The fourth-order valence-electron chi connectivity index (χ4n) is 3.31. The number of hydrogen-bond acceptors (Lipinski definition) is 5. The van der Waals surface area contributed by atoms with Crippen LogP contribution < -0.4 is 10.1 Å². The van der Waals surface area contributed by atoms with E-state index in [0.29, 0.717) is 18.3 Å². The molecule has 1 saturated carbocycles. The van der Waals surface area contributed by atoms with E-state index < -0.39 is 10.0 Å². The van der Waals surface area contributed by atoms with Crippen molar-refractivity contribution in [1.29, 1.82) is 0 Å². The number of hydrogen-bond donors (Lipinski definition) is 1. The molecule has 8 heteroatoms. The van der Waals surface area contributed by atoms with Gasteiger partial charge in [-0.05, 0) is 37.6 Å². The molecule has 1 aromatic rings. The first-order valence-electron chi connectivity index (χ1n) is 8.94. The second-order valence-electron chi connectivity index (χ2n) is 6.70. The van der Waals surface area contributed by atoms with Gasteiger partial charge in [-0.2, -0.15) is 0 Å². The van der Waals surface area contributed by atoms with Crippen LogP contribution in [-0.4, -0.2) is 63.9 Å². The standard InChI is InChI=1S/C18H29N3O4S/c1-5-21(15-8-6-7-9-15)13-18(22)19-14-10-11-16(25-4)17(12-14)26(23,24)20(2)3/h10-12,15H,5-9,13H2,1-4H3,(H,19,22). The number of benzene rings is 1. The van der Waals surface area contributed by atoms with Crippen LogP contribution >= 0.6 is 0 Å². The van der Waals surface area contributed by atoms with E-state index >= 15 is 0 Å². The van der Waals surface area contributed by atoms with Crippen LogP contribution in [0.1, 0.15) is 32.6 Å². The molecular weight excluding hydrogens is 354 g/mol. The molecule has 0 heterocycles. The zero-order chi connectivity index (χ0) is 19.3. The molecule has 1 fully saturated rings. The third kappa shape index (κ3) is 4.75. The Morgan fingerprint density at radius 3 is 2.46 bits per heavy atom. The van der Waals surface area contributed by atoms with Crippen molar-refractivity contribution in [3.05, 3.63) is 18.2 Å². The van der Waals surface area contributed by atoms with Crippen molar-refractivity contribution >= 4 is 21.6 Å². The molecule has 1 N–H and O–H groups in total. The van der Waals surface area contributed by atoms with E-state index in [2.05, 4.69) is 17.1 Å². The van der Waals surface area contributed by atoms with Crippen molar-refractivity contribution in [2.45, 2.75) is 43.5 Å². The lowest BCUT2D eigenvalue weighted by atomic mass is 10.2. The SMILES string of the molecule is CCN(CC(=O)Nc1ccc(OC)c(S(=O)(=O)N(C)C)c1)C1CCCC1. The van der Waals surface area contributed by atoms with E-state index in [1.807, 2.05) is 0 Å². The van der Waals surface area contributed by atoms with E-state index in [4.69, 9.17) is 4.74 Å². The Bertz CT molecular complexity index is 728. The highest BCUT2D eigenvalue weighted by Gasteiger charge is 2.25. The Labute approximate surface area is 156 Å². The molecule has 0 saturated heterocycles. The summed E-state index contributed by atoms with van der Waals surface area (Å²) in [6.45, 7) is 3.19. The van der Waals surface area contributed by atoms with Gasteiger partial charge in [0, 0.05) is 25.8 Å². The van der Waals surface area contributed by atoms with Gasteiger partial charge in [-0.25, -0.2) is 12.7 Å². The number of likely N-dealkylation sites (N-methyl/N-ethyl adjacent to an activating group) is 1. The Hall–Kier alpha value is -1.64. The monoisotopic (exact) mass is 383 g/mol. The maximum Gasteiger partial charge on any atom is 0.246 e. The van der Waals surface area contributed by atoms with E-state index in [0.717, 1.165) is 23.7 Å². The molecule has 0 aromatic heterocycles. The molecule has 0 spiro atoms. The van der Waals surface area contributed by atoms with Gasteiger partial charge in [0.2, 0.25) is 15.9 Å². The highest BCUT2D eigenvalue weighted by molar-refractivity contribution is 7.89. The number of methoxy groups -OCH3 is 1. The highest BCUT2D eigenvalue weighted by Crippen LogP contribution is 2.29. The summed E-state index contributed by atoms with van der Waals surface area (Å²) in [6, 6.07) is 5.11. The van der Waals surface area contributed by atoms with E-state index in [-0.39, 0.29) is 16.6 Å². The van der Waals surface area contributed by atoms with Gasteiger partial charge in [0.15, 0.2) is 0 Å². The van der Waals surface area contributed by atoms with Gasteiger partial charge in [-0.15, -0.1) is 0 Å². The first-order valence-corrected chi connectivity index (χ1v) is 10.4. The minimum absolute atomic E-state index is 0.0333. The Morgan fingerprint density at radius 2 is 1.92 bits per heavy atom. The van der Waals surface area contributed by atoms with Gasteiger partial charge in [0.25, 0.3) is 0 Å². The first kappa shape index (κ1) is 20.7. The topological polar surface area (TPSA) is 79.0 Å². The molecular formula is C18H29N3O4S. The molecule has 1 aliphatic carbocycles. The van der Waals surface area contributed by atoms with Crippen LogP contribution in [0.25, 0.3) is 0 Å². The summed E-state index contributed by atoms with van der Waals surface area (Å²) >= 11 is 0. The normalized spacial score (nSPS) is 15.6. The summed E-state index contributed by atoms with van der Waals surface area (Å²) in [5, 5.41) is 2.81. The number of nitrogens with one attached hydrogen (secondary N) is 1. The van der Waals surface area contributed by atoms with Crippen LogP contribution in [-0.2, 0) is 14.8 Å². The van der Waals surface area contributed by atoms with Gasteiger partial charge in [0.1, 0.15) is 10.6 Å². The van der Waals surface area contributed by atoms with E-state index in [9.17, 15) is 13.2 Å². The predicted octanol–water partition coefficient (Wildman–Crippen LogP) is 2.15. The van der Waals surface area contributed by atoms with Crippen LogP contribution in [0, 0.1) is 0 Å². The lowest BCUT2D eigenvalue weighted by molar-refractivity contribution is -0.117. The second kappa shape index (κ2) is 8.83. The van der Waals surface area contributed by atoms with Crippen LogP contribution in [0.4, 0.5) is 5.69 Å². The smallest absolute Gasteiger partial charge is 0.246 e. The summed E-state index contributed by atoms with van der Waals surface area (Å²) in [4.78, 5) is 14.7. The van der Waals surface area contributed by atoms with Crippen molar-refractivity contribution in [3.8, 4) is 5.75 Å². The van der Waals surface area contributed by atoms with E-state index in [1.165, 1.54) is 40.1 Å². The van der Waals surface area contributed by atoms with Crippen LogP contribution in [0.15, 0.2) is 23.1 Å². The minimum atomic E-state index is -3.67. The minimum Gasteiger partial charge on any atom is -0.495 e. The number of carbonyl (C=O) groups excluding carboxylic acids is 1. The summed E-state index contributed by atoms with van der Waals surface area (Å²) in [6.07, 6.45) is 4.70. The average molecular weight is 384 g/mol. The third-order valence-corrected chi connectivity index (χ3v) is 6.64. The fraction of sp³-hybridized carbons (Fsp3) is 0.611. The molecule has 1 aliphatic rings. The van der Waals surface area contributed by atoms with E-state index in [1.54, 1.807) is 12.1 Å². The number of amides is 1. The van der Waals surface area contributed by atoms with Crippen molar-refractivity contribution in [1.82, 2.24) is 9.21 Å². The molecule has 0 aliphatic heterocycles. The number of sulfonamides is 1. The van der Waals surface area contributed by atoms with Crippen molar-refractivity contribution in [2.75, 3.05) is 39.6 Å². The molecule has 0 bridgehead atoms. The Morgan fingerprint density at radius 1 is 1.27 bits per heavy atom. The van der Waals surface area contributed by atoms with Crippen molar-refractivity contribution in [2.24, 2.45) is 0 Å². The quantitative estimate of drug-likeness (QED) is 0.744. The third-order valence-electron chi connectivity index (χ3n) is 4.80. The number of ether oxygens (including phenoxy) is 1. The summed E-state index contributed by atoms with van der Waals surface area (Å²) in [7, 11) is 0.666. The van der Waals surface area contributed by atoms with Crippen molar-refractivity contribution in [3.63, 3.8) is 0 Å². The number of carbonyl (C=O) groups is 1. The predicted molar refractivity (Wildman–Crippen MR) is 102 cm³/mol. The maximum absolute atomic E-state index is 12.5. The summed E-state index contributed by atoms with van der Waals surface area (Å²) in [5.41, 5.74) is 0.443. The van der Waals surface area contributed by atoms with Crippen molar-refractivity contribution < 1.29 is 17.9 Å². The number of rotatable bonds is 8. The number of nitrogens with zero attached hydrogens (tertiary/aromatic N) is 2. The maximum atomic E-state index is 12.5. The molecule has 26 heavy (non-hydrogen) atoms. The molecule has 0 atom stereocenters. The van der Waals surface area contributed by atoms with Gasteiger partial charge in [0.05, 0.1) is 13.7 Å². The van der Waals surface area contributed by atoms with Gasteiger partial charge in [-0.3, -0.25) is 9.69 Å². The molecule has 1 aromatic carbocycles. The highest BCUT2D eigenvalue weighted by atomic mass is 32.2. The fourth-order valence-corrected chi connectivity index (χ4v) is 4.38. The first-order chi connectivity index (χ1) is 12.3. The molecule has 1 amide bonds. The summed E-state index contributed by atoms with van der Waals surface area (Å²) < 4.78 is 31.2. The largest absolute Gasteiger partial charge is 0.495 e. The van der Waals surface area contributed by atoms with Gasteiger partial charge < -0.3 is 10.1 Å². The lowest BCUT2D eigenvalue weighted by Gasteiger charge is -2.26. The lowest BCUT2D eigenvalue weighted by Crippen LogP contribution is -2.39. The van der Waals surface area contributed by atoms with Crippen LogP contribution in [0.2, 0.25) is 0 Å². The Kier molecular flexibility index (Phi) is 7.02. The molecule has 2 rings (SSSR count). The zero-order valence-electron chi connectivity index (χ0n) is 16.0. The van der Waals surface area contributed by atoms with Gasteiger partial charge >= 0.3 is 0 Å². The van der Waals surface area contributed by atoms with Gasteiger partial charge in [-0.1, -0.05) is 19.8 Å². The molecule has 7 nitrogen and oxygen atoms in total. The average Bonchev–Trinajstić information content (AvgIpc) is 3.13. The van der Waals surface area contributed by atoms with Crippen LogP contribution in [0.5, 0.6) is 5.75 Å². The zero-order valence-corrected chi connectivity index (χ0v) is 16.8. The molecule has 0 radical (unpaired) electrons. The Balaban J connectivity index is 2.15. The second-order valence-corrected chi connectivity index (χ2v) is 8.82.